The number of nitrogens with zero attached hydrogens (tertiary/aromatic N) is 3. The first-order chi connectivity index (χ1) is 16.7. The maximum Gasteiger partial charge on any atom is 0.319 e. The zero-order chi connectivity index (χ0) is 25.2. The molecular formula is C25H24ClN3O4S2. The predicted octanol–water partition coefficient (Wildman–Crippen LogP) is 4.93. The zero-order valence-electron chi connectivity index (χ0n) is 19.4. The van der Waals surface area contributed by atoms with E-state index in [0.717, 1.165) is 32.4 Å². The quantitative estimate of drug-likeness (QED) is 0.301. The molecule has 0 saturated carbocycles. The van der Waals surface area contributed by atoms with Crippen molar-refractivity contribution in [3.63, 3.8) is 0 Å². The van der Waals surface area contributed by atoms with E-state index in [1.165, 1.54) is 24.7 Å². The molecule has 0 bridgehead atoms. The minimum absolute atomic E-state index is 0.143. The maximum absolute atomic E-state index is 12.0. The second-order valence-corrected chi connectivity index (χ2v) is 11.6. The van der Waals surface area contributed by atoms with E-state index in [1.807, 2.05) is 60.5 Å². The standard InChI is InChI=1S/C25H24ClN3O4S2/c1-28(16-25(30)33-2)15-18-14-22(29(27-18)21-10-5-4-9-20(21)26)24-12-11-23(34-24)17-7-6-8-19(13-17)35(3,31)32/h4-14H,15-16H2,1-3H3. The van der Waals surface area contributed by atoms with E-state index in [0.29, 0.717) is 11.6 Å². The monoisotopic (exact) mass is 529 g/mol. The predicted molar refractivity (Wildman–Crippen MR) is 139 cm³/mol. The Kier molecular flexibility index (Phi) is 7.42. The summed E-state index contributed by atoms with van der Waals surface area (Å²) in [6, 6.07) is 20.3. The fourth-order valence-electron chi connectivity index (χ4n) is 3.62. The third kappa shape index (κ3) is 5.82. The minimum atomic E-state index is -3.31. The average Bonchev–Trinajstić information content (AvgIpc) is 3.46. The molecule has 0 amide bonds. The molecule has 0 unspecified atom stereocenters. The summed E-state index contributed by atoms with van der Waals surface area (Å²) < 4.78 is 30.6. The van der Waals surface area contributed by atoms with Crippen molar-refractivity contribution in [2.45, 2.75) is 11.4 Å². The lowest BCUT2D eigenvalue weighted by atomic mass is 10.2. The van der Waals surface area contributed by atoms with E-state index in [4.69, 9.17) is 21.4 Å². The van der Waals surface area contributed by atoms with Crippen molar-refractivity contribution in [3.05, 3.63) is 77.4 Å². The third-order valence-corrected chi connectivity index (χ3v) is 7.89. The number of carbonyl (C=O) groups excluding carboxylic acids is 1. The number of ether oxygens (including phenoxy) is 1. The number of halogens is 1. The molecule has 0 aliphatic heterocycles. The average molecular weight is 530 g/mol. The molecule has 2 heterocycles. The number of methoxy groups -OCH3 is 1. The molecule has 182 valence electrons. The summed E-state index contributed by atoms with van der Waals surface area (Å²) in [5.41, 5.74) is 3.17. The van der Waals surface area contributed by atoms with Crippen LogP contribution in [-0.4, -0.2) is 56.0 Å². The van der Waals surface area contributed by atoms with Crippen LogP contribution in [0.5, 0.6) is 0 Å². The van der Waals surface area contributed by atoms with Gasteiger partial charge in [-0.2, -0.15) is 5.10 Å². The molecule has 0 saturated heterocycles. The molecule has 0 aliphatic carbocycles. The van der Waals surface area contributed by atoms with E-state index in [2.05, 4.69) is 0 Å². The van der Waals surface area contributed by atoms with Crippen molar-refractivity contribution in [3.8, 4) is 26.7 Å². The number of thiophene rings is 1. The molecule has 4 rings (SSSR count). The van der Waals surface area contributed by atoms with Gasteiger partial charge in [0, 0.05) is 17.7 Å². The number of aromatic nitrogens is 2. The van der Waals surface area contributed by atoms with E-state index < -0.39 is 9.84 Å². The van der Waals surface area contributed by atoms with Gasteiger partial charge in [0.05, 0.1) is 45.5 Å². The summed E-state index contributed by atoms with van der Waals surface area (Å²) in [5.74, 6) is -0.322. The van der Waals surface area contributed by atoms with Crippen LogP contribution in [0.25, 0.3) is 26.7 Å². The van der Waals surface area contributed by atoms with Gasteiger partial charge in [-0.05, 0) is 55.1 Å². The first-order valence-electron chi connectivity index (χ1n) is 10.7. The van der Waals surface area contributed by atoms with Gasteiger partial charge in [0.1, 0.15) is 0 Å². The van der Waals surface area contributed by atoms with Crippen LogP contribution in [0, 0.1) is 0 Å². The van der Waals surface area contributed by atoms with Gasteiger partial charge in [0.15, 0.2) is 9.84 Å². The minimum Gasteiger partial charge on any atom is -0.468 e. The van der Waals surface area contributed by atoms with Crippen LogP contribution in [0.1, 0.15) is 5.69 Å². The van der Waals surface area contributed by atoms with Gasteiger partial charge >= 0.3 is 5.97 Å². The Hall–Kier alpha value is -2.98. The molecule has 0 spiro atoms. The molecular weight excluding hydrogens is 506 g/mol. The number of likely N-dealkylation sites (N-methyl/N-ethyl adjacent to an activating group) is 1. The number of sulfone groups is 1. The maximum atomic E-state index is 12.0. The molecule has 0 radical (unpaired) electrons. The summed E-state index contributed by atoms with van der Waals surface area (Å²) >= 11 is 8.03. The van der Waals surface area contributed by atoms with Crippen molar-refractivity contribution in [2.75, 3.05) is 27.0 Å². The van der Waals surface area contributed by atoms with Gasteiger partial charge in [0.25, 0.3) is 0 Å². The van der Waals surface area contributed by atoms with Crippen molar-refractivity contribution in [1.29, 1.82) is 0 Å². The SMILES string of the molecule is COC(=O)CN(C)Cc1cc(-c2ccc(-c3cccc(S(C)(=O)=O)c3)s2)n(-c2ccccc2Cl)n1. The van der Waals surface area contributed by atoms with E-state index in [9.17, 15) is 13.2 Å². The van der Waals surface area contributed by atoms with Crippen LogP contribution in [0.15, 0.2) is 71.6 Å². The first kappa shape index (κ1) is 25.1. The van der Waals surface area contributed by atoms with Crippen molar-refractivity contribution in [2.24, 2.45) is 0 Å². The van der Waals surface area contributed by atoms with Crippen LogP contribution in [0.4, 0.5) is 0 Å². The largest absolute Gasteiger partial charge is 0.468 e. The molecule has 2 aromatic carbocycles. The fraction of sp³-hybridized carbons (Fsp3) is 0.200. The Morgan fingerprint density at radius 1 is 1.09 bits per heavy atom. The molecule has 2 aromatic heterocycles. The lowest BCUT2D eigenvalue weighted by Crippen LogP contribution is -2.26. The summed E-state index contributed by atoms with van der Waals surface area (Å²) in [6.07, 6.45) is 1.20. The van der Waals surface area contributed by atoms with Crippen molar-refractivity contribution >= 4 is 38.7 Å². The normalized spacial score (nSPS) is 11.7. The molecule has 0 atom stereocenters. The molecule has 7 nitrogen and oxygen atoms in total. The number of benzene rings is 2. The van der Waals surface area contributed by atoms with Gasteiger partial charge in [-0.15, -0.1) is 11.3 Å². The van der Waals surface area contributed by atoms with Gasteiger partial charge < -0.3 is 4.74 Å². The number of carbonyl (C=O) groups is 1. The summed E-state index contributed by atoms with van der Waals surface area (Å²) in [4.78, 5) is 15.6. The highest BCUT2D eigenvalue weighted by atomic mass is 35.5. The van der Waals surface area contributed by atoms with Crippen LogP contribution in [0.3, 0.4) is 0 Å². The summed E-state index contributed by atoms with van der Waals surface area (Å²) in [5, 5.41) is 5.34. The van der Waals surface area contributed by atoms with Gasteiger partial charge in [-0.3, -0.25) is 9.69 Å². The molecule has 0 N–H and O–H groups in total. The Balaban J connectivity index is 1.74. The van der Waals surface area contributed by atoms with Crippen LogP contribution in [-0.2, 0) is 25.9 Å². The molecule has 10 heteroatoms. The third-order valence-electron chi connectivity index (χ3n) is 5.30. The number of esters is 1. The van der Waals surface area contributed by atoms with Crippen LogP contribution < -0.4 is 0 Å². The van der Waals surface area contributed by atoms with Gasteiger partial charge in [-0.1, -0.05) is 35.9 Å². The number of hydrogen-bond donors (Lipinski definition) is 0. The highest BCUT2D eigenvalue weighted by Crippen LogP contribution is 2.37. The molecule has 35 heavy (non-hydrogen) atoms. The summed E-state index contributed by atoms with van der Waals surface area (Å²) in [6.45, 7) is 0.582. The van der Waals surface area contributed by atoms with E-state index in [-0.39, 0.29) is 17.4 Å². The number of hydrogen-bond acceptors (Lipinski definition) is 7. The second kappa shape index (κ2) is 10.3. The van der Waals surface area contributed by atoms with Crippen molar-refractivity contribution in [1.82, 2.24) is 14.7 Å². The Bertz CT molecular complexity index is 1480. The lowest BCUT2D eigenvalue weighted by Gasteiger charge is -2.13. The Morgan fingerprint density at radius 2 is 1.83 bits per heavy atom. The second-order valence-electron chi connectivity index (χ2n) is 8.10. The molecule has 4 aromatic rings. The van der Waals surface area contributed by atoms with Gasteiger partial charge in [0.2, 0.25) is 0 Å². The van der Waals surface area contributed by atoms with Crippen molar-refractivity contribution < 1.29 is 17.9 Å². The summed E-state index contributed by atoms with van der Waals surface area (Å²) in [7, 11) is -0.123. The van der Waals surface area contributed by atoms with Crippen LogP contribution in [0.2, 0.25) is 5.02 Å². The number of rotatable bonds is 8. The zero-order valence-corrected chi connectivity index (χ0v) is 21.8. The fourth-order valence-corrected chi connectivity index (χ4v) is 5.50. The Labute approximate surface area is 213 Å². The topological polar surface area (TPSA) is 81.5 Å². The molecule has 0 fully saturated rings. The Morgan fingerprint density at radius 3 is 2.54 bits per heavy atom. The highest BCUT2D eigenvalue weighted by Gasteiger charge is 2.18. The number of para-hydroxylation sites is 1. The molecule has 0 aliphatic rings. The highest BCUT2D eigenvalue weighted by molar-refractivity contribution is 7.90. The van der Waals surface area contributed by atoms with E-state index in [1.54, 1.807) is 22.9 Å². The van der Waals surface area contributed by atoms with E-state index >= 15 is 0 Å². The van der Waals surface area contributed by atoms with Gasteiger partial charge in [-0.25, -0.2) is 13.1 Å². The smallest absolute Gasteiger partial charge is 0.319 e. The van der Waals surface area contributed by atoms with Crippen LogP contribution >= 0.6 is 22.9 Å². The first-order valence-corrected chi connectivity index (χ1v) is 13.7. The lowest BCUT2D eigenvalue weighted by molar-refractivity contribution is -0.141.